The van der Waals surface area contributed by atoms with Crippen molar-refractivity contribution in [2.24, 2.45) is 0 Å². The number of carbonyl (C=O) groups excluding carboxylic acids is 1. The number of anilines is 1. The number of aromatic nitrogens is 3. The largest absolute Gasteiger partial charge is 0.497 e. The average Bonchev–Trinajstić information content (AvgIpc) is 3.25. The number of nitrogens with one attached hydrogen (secondary N) is 1. The Kier molecular flexibility index (Phi) is 7.21. The highest BCUT2D eigenvalue weighted by Crippen LogP contribution is 2.34. The molecule has 0 saturated carbocycles. The molecule has 0 aliphatic rings. The summed E-state index contributed by atoms with van der Waals surface area (Å²) in [5.41, 5.74) is 3.35. The first-order chi connectivity index (χ1) is 16.1. The van der Waals surface area contributed by atoms with Crippen LogP contribution in [0.5, 0.6) is 11.5 Å². The van der Waals surface area contributed by atoms with Gasteiger partial charge in [0.1, 0.15) is 27.2 Å². The molecule has 0 fully saturated rings. The molecule has 0 aliphatic carbocycles. The number of ether oxygens (including phenoxy) is 2. The highest BCUT2D eigenvalue weighted by Gasteiger charge is 2.14. The summed E-state index contributed by atoms with van der Waals surface area (Å²) in [5.74, 6) is 1.22. The lowest BCUT2D eigenvalue weighted by atomic mass is 10.2. The van der Waals surface area contributed by atoms with Crippen molar-refractivity contribution in [3.8, 4) is 32.6 Å². The van der Waals surface area contributed by atoms with Gasteiger partial charge in [0, 0.05) is 11.6 Å². The summed E-state index contributed by atoms with van der Waals surface area (Å²) in [6.45, 7) is 1.97. The van der Waals surface area contributed by atoms with Gasteiger partial charge in [-0.05, 0) is 31.2 Å². The summed E-state index contributed by atoms with van der Waals surface area (Å²) in [6, 6.07) is 19.1. The van der Waals surface area contributed by atoms with E-state index in [1.165, 1.54) is 11.8 Å². The van der Waals surface area contributed by atoms with Crippen molar-refractivity contribution in [1.82, 2.24) is 15.2 Å². The van der Waals surface area contributed by atoms with Gasteiger partial charge in [0.2, 0.25) is 5.91 Å². The number of methoxy groups -OCH3 is 2. The van der Waals surface area contributed by atoms with Gasteiger partial charge in [-0.3, -0.25) is 4.79 Å². The molecule has 0 unspecified atom stereocenters. The van der Waals surface area contributed by atoms with Crippen LogP contribution in [0.1, 0.15) is 5.69 Å². The predicted molar refractivity (Wildman–Crippen MR) is 132 cm³/mol. The normalized spacial score (nSPS) is 10.6. The Labute approximate surface area is 200 Å². The third-order valence-electron chi connectivity index (χ3n) is 4.72. The molecule has 2 heterocycles. The number of carbonyl (C=O) groups is 1. The van der Waals surface area contributed by atoms with Gasteiger partial charge in [0.15, 0.2) is 0 Å². The zero-order chi connectivity index (χ0) is 23.2. The molecule has 0 saturated heterocycles. The van der Waals surface area contributed by atoms with E-state index in [1.807, 2.05) is 49.4 Å². The smallest absolute Gasteiger partial charge is 0.234 e. The fraction of sp³-hybridized carbons (Fsp3) is 0.167. The third kappa shape index (κ3) is 5.50. The van der Waals surface area contributed by atoms with Crippen LogP contribution < -0.4 is 14.8 Å². The van der Waals surface area contributed by atoms with Crippen LogP contribution in [0, 0.1) is 6.92 Å². The fourth-order valence-electron chi connectivity index (χ4n) is 3.08. The van der Waals surface area contributed by atoms with Crippen LogP contribution in [-0.4, -0.2) is 41.1 Å². The van der Waals surface area contributed by atoms with E-state index in [9.17, 15) is 4.79 Å². The van der Waals surface area contributed by atoms with E-state index in [2.05, 4.69) is 20.5 Å². The molecule has 0 aliphatic heterocycles. The van der Waals surface area contributed by atoms with Gasteiger partial charge >= 0.3 is 0 Å². The minimum Gasteiger partial charge on any atom is -0.497 e. The molecule has 0 radical (unpaired) electrons. The maximum absolute atomic E-state index is 12.4. The molecule has 1 amide bonds. The van der Waals surface area contributed by atoms with Gasteiger partial charge in [0.05, 0.1) is 36.2 Å². The second kappa shape index (κ2) is 10.5. The molecule has 168 valence electrons. The van der Waals surface area contributed by atoms with Crippen molar-refractivity contribution in [2.45, 2.75) is 11.9 Å². The third-order valence-corrected chi connectivity index (χ3v) is 6.87. The zero-order valence-electron chi connectivity index (χ0n) is 18.4. The highest BCUT2D eigenvalue weighted by atomic mass is 32.2. The predicted octanol–water partition coefficient (Wildman–Crippen LogP) is 5.32. The van der Waals surface area contributed by atoms with E-state index in [-0.39, 0.29) is 11.7 Å². The molecule has 4 aromatic rings. The second-order valence-corrected chi connectivity index (χ2v) is 8.95. The molecule has 0 atom stereocenters. The molecular formula is C24H22N4O3S2. The number of thioether (sulfide) groups is 1. The number of aryl methyl sites for hydroxylation is 1. The minimum atomic E-state index is -0.167. The van der Waals surface area contributed by atoms with E-state index >= 15 is 0 Å². The van der Waals surface area contributed by atoms with Crippen LogP contribution in [0.2, 0.25) is 0 Å². The van der Waals surface area contributed by atoms with Crippen LogP contribution in [0.25, 0.3) is 21.1 Å². The van der Waals surface area contributed by atoms with Crippen molar-refractivity contribution in [3.05, 3.63) is 66.4 Å². The Morgan fingerprint density at radius 3 is 2.55 bits per heavy atom. The van der Waals surface area contributed by atoms with Crippen molar-refractivity contribution >= 4 is 34.7 Å². The summed E-state index contributed by atoms with van der Waals surface area (Å²) in [4.78, 5) is 18.1. The number of benzene rings is 2. The van der Waals surface area contributed by atoms with Crippen LogP contribution in [0.4, 0.5) is 5.69 Å². The Balaban J connectivity index is 1.39. The first kappa shape index (κ1) is 22.8. The van der Waals surface area contributed by atoms with Crippen LogP contribution in [0.15, 0.2) is 65.7 Å². The lowest BCUT2D eigenvalue weighted by molar-refractivity contribution is -0.113. The molecule has 33 heavy (non-hydrogen) atoms. The maximum Gasteiger partial charge on any atom is 0.234 e. The standard InChI is InChI=1S/C24H22N4O3S2/c1-15-23(33-24(25-15)16-7-5-4-6-8-16)19-11-12-22(28-27-19)32-14-21(29)26-18-10-9-17(30-2)13-20(18)31-3/h4-13H,14H2,1-3H3,(H,26,29). The Hall–Kier alpha value is -3.43. The number of thiazole rings is 1. The summed E-state index contributed by atoms with van der Waals surface area (Å²) < 4.78 is 10.5. The average molecular weight is 479 g/mol. The molecule has 2 aromatic carbocycles. The minimum absolute atomic E-state index is 0.167. The summed E-state index contributed by atoms with van der Waals surface area (Å²) >= 11 is 2.91. The Bertz CT molecular complexity index is 1240. The summed E-state index contributed by atoms with van der Waals surface area (Å²) in [6.07, 6.45) is 0. The van der Waals surface area contributed by atoms with Gasteiger partial charge in [-0.15, -0.1) is 21.5 Å². The fourth-order valence-corrected chi connectivity index (χ4v) is 4.73. The SMILES string of the molecule is COc1ccc(NC(=O)CSc2ccc(-c3sc(-c4ccccc4)nc3C)nn2)c(OC)c1. The molecule has 1 N–H and O–H groups in total. The summed E-state index contributed by atoms with van der Waals surface area (Å²) in [7, 11) is 3.12. The van der Waals surface area contributed by atoms with Crippen molar-refractivity contribution in [2.75, 3.05) is 25.3 Å². The van der Waals surface area contributed by atoms with E-state index in [4.69, 9.17) is 9.47 Å². The number of hydrogen-bond donors (Lipinski definition) is 1. The van der Waals surface area contributed by atoms with E-state index < -0.39 is 0 Å². The van der Waals surface area contributed by atoms with Crippen molar-refractivity contribution in [1.29, 1.82) is 0 Å². The Morgan fingerprint density at radius 1 is 1.03 bits per heavy atom. The quantitative estimate of drug-likeness (QED) is 0.343. The van der Waals surface area contributed by atoms with Gasteiger partial charge in [-0.25, -0.2) is 4.98 Å². The molecular weight excluding hydrogens is 456 g/mol. The number of rotatable bonds is 8. The zero-order valence-corrected chi connectivity index (χ0v) is 20.0. The number of nitrogens with zero attached hydrogens (tertiary/aromatic N) is 3. The van der Waals surface area contributed by atoms with E-state index in [0.717, 1.165) is 26.8 Å². The monoisotopic (exact) mass is 478 g/mol. The number of amides is 1. The molecule has 2 aromatic heterocycles. The van der Waals surface area contributed by atoms with Crippen LogP contribution >= 0.6 is 23.1 Å². The first-order valence-electron chi connectivity index (χ1n) is 10.1. The van der Waals surface area contributed by atoms with E-state index in [1.54, 1.807) is 43.8 Å². The molecule has 0 bridgehead atoms. The van der Waals surface area contributed by atoms with Crippen LogP contribution in [-0.2, 0) is 4.79 Å². The van der Waals surface area contributed by atoms with Crippen LogP contribution in [0.3, 0.4) is 0 Å². The highest BCUT2D eigenvalue weighted by molar-refractivity contribution is 7.99. The maximum atomic E-state index is 12.4. The molecule has 0 spiro atoms. The van der Waals surface area contributed by atoms with Gasteiger partial charge in [-0.1, -0.05) is 42.1 Å². The second-order valence-electron chi connectivity index (χ2n) is 6.96. The lowest BCUT2D eigenvalue weighted by Gasteiger charge is -2.11. The lowest BCUT2D eigenvalue weighted by Crippen LogP contribution is -2.14. The van der Waals surface area contributed by atoms with E-state index in [0.29, 0.717) is 22.2 Å². The van der Waals surface area contributed by atoms with Gasteiger partial charge in [0.25, 0.3) is 0 Å². The molecule has 7 nitrogen and oxygen atoms in total. The van der Waals surface area contributed by atoms with Crippen molar-refractivity contribution in [3.63, 3.8) is 0 Å². The number of hydrogen-bond acceptors (Lipinski definition) is 8. The van der Waals surface area contributed by atoms with Crippen molar-refractivity contribution < 1.29 is 14.3 Å². The first-order valence-corrected chi connectivity index (χ1v) is 11.9. The summed E-state index contributed by atoms with van der Waals surface area (Å²) in [5, 5.41) is 13.1. The molecule has 9 heteroatoms. The topological polar surface area (TPSA) is 86.2 Å². The Morgan fingerprint density at radius 2 is 1.85 bits per heavy atom. The van der Waals surface area contributed by atoms with Gasteiger partial charge in [-0.2, -0.15) is 0 Å². The molecule has 4 rings (SSSR count). The van der Waals surface area contributed by atoms with Gasteiger partial charge < -0.3 is 14.8 Å².